The van der Waals surface area contributed by atoms with Gasteiger partial charge in [0.25, 0.3) is 5.91 Å². The number of hydrogen-bond acceptors (Lipinski definition) is 4. The molecule has 0 aliphatic carbocycles. The van der Waals surface area contributed by atoms with E-state index in [1.165, 1.54) is 0 Å². The monoisotopic (exact) mass is 345 g/mol. The molecule has 5 heteroatoms. The van der Waals surface area contributed by atoms with Gasteiger partial charge in [-0.25, -0.2) is 0 Å². The molecule has 5 nitrogen and oxygen atoms in total. The molecular weight excluding hydrogens is 326 g/mol. The van der Waals surface area contributed by atoms with Crippen LogP contribution in [-0.2, 0) is 6.54 Å². The molecule has 0 spiro atoms. The van der Waals surface area contributed by atoms with Crippen molar-refractivity contribution in [3.63, 3.8) is 0 Å². The van der Waals surface area contributed by atoms with Gasteiger partial charge in [0.1, 0.15) is 5.76 Å². The summed E-state index contributed by atoms with van der Waals surface area (Å²) < 4.78 is 5.21. The molecule has 4 aromatic rings. The fraction of sp³-hybridized carbons (Fsp3) is 0.190. The zero-order valence-corrected chi connectivity index (χ0v) is 15.0. The van der Waals surface area contributed by atoms with E-state index in [1.54, 1.807) is 18.1 Å². The number of fused-ring (bicyclic) bond motifs is 3. The van der Waals surface area contributed by atoms with Crippen molar-refractivity contribution in [1.29, 1.82) is 0 Å². The van der Waals surface area contributed by atoms with Gasteiger partial charge in [-0.15, -0.1) is 0 Å². The molecular formula is C21H19N3O2. The van der Waals surface area contributed by atoms with Crippen LogP contribution in [-0.4, -0.2) is 28.0 Å². The van der Waals surface area contributed by atoms with Gasteiger partial charge in [-0.3, -0.25) is 9.78 Å². The third-order valence-corrected chi connectivity index (χ3v) is 4.77. The summed E-state index contributed by atoms with van der Waals surface area (Å²) in [6.45, 7) is 4.19. The van der Waals surface area contributed by atoms with Gasteiger partial charge < -0.3 is 9.42 Å². The lowest BCUT2D eigenvalue weighted by molar-refractivity contribution is 0.0786. The number of carbonyl (C=O) groups excluding carboxylic acids is 1. The number of carbonyl (C=O) groups is 1. The zero-order chi connectivity index (χ0) is 18.3. The molecule has 0 radical (unpaired) electrons. The Morgan fingerprint density at radius 2 is 1.88 bits per heavy atom. The highest BCUT2D eigenvalue weighted by atomic mass is 16.5. The summed E-state index contributed by atoms with van der Waals surface area (Å²) in [6.07, 6.45) is 1.72. The minimum absolute atomic E-state index is 0.0700. The molecule has 0 unspecified atom stereocenters. The fourth-order valence-electron chi connectivity index (χ4n) is 3.33. The van der Waals surface area contributed by atoms with Gasteiger partial charge in [-0.05, 0) is 36.8 Å². The number of nitrogens with zero attached hydrogens (tertiary/aromatic N) is 3. The van der Waals surface area contributed by atoms with Gasteiger partial charge in [0, 0.05) is 24.2 Å². The van der Waals surface area contributed by atoms with Crippen molar-refractivity contribution in [2.75, 3.05) is 7.05 Å². The Kier molecular flexibility index (Phi) is 3.92. The van der Waals surface area contributed by atoms with Crippen LogP contribution >= 0.6 is 0 Å². The summed E-state index contributed by atoms with van der Waals surface area (Å²) in [5, 5.41) is 7.08. The first-order valence-corrected chi connectivity index (χ1v) is 8.50. The van der Waals surface area contributed by atoms with E-state index in [-0.39, 0.29) is 5.91 Å². The second-order valence-electron chi connectivity index (χ2n) is 6.51. The zero-order valence-electron chi connectivity index (χ0n) is 15.0. The Morgan fingerprint density at radius 3 is 2.65 bits per heavy atom. The number of rotatable bonds is 3. The summed E-state index contributed by atoms with van der Waals surface area (Å²) in [7, 11) is 1.79. The fourth-order valence-corrected chi connectivity index (χ4v) is 3.33. The van der Waals surface area contributed by atoms with Crippen molar-refractivity contribution >= 4 is 27.6 Å². The average Bonchev–Trinajstić information content (AvgIpc) is 2.98. The van der Waals surface area contributed by atoms with Crippen LogP contribution in [0.25, 0.3) is 21.7 Å². The van der Waals surface area contributed by atoms with Crippen LogP contribution in [0.4, 0.5) is 0 Å². The van der Waals surface area contributed by atoms with Crippen molar-refractivity contribution in [1.82, 2.24) is 15.0 Å². The number of aromatic nitrogens is 2. The lowest BCUT2D eigenvalue weighted by atomic mass is 10.00. The summed E-state index contributed by atoms with van der Waals surface area (Å²) in [4.78, 5) is 19.4. The van der Waals surface area contributed by atoms with Crippen LogP contribution < -0.4 is 0 Å². The molecule has 0 atom stereocenters. The molecule has 0 aliphatic heterocycles. The number of pyridine rings is 1. The van der Waals surface area contributed by atoms with Crippen molar-refractivity contribution in [2.24, 2.45) is 0 Å². The van der Waals surface area contributed by atoms with E-state index >= 15 is 0 Å². The first kappa shape index (κ1) is 16.3. The summed E-state index contributed by atoms with van der Waals surface area (Å²) in [6, 6.07) is 13.9. The Morgan fingerprint density at radius 1 is 1.12 bits per heavy atom. The normalized spacial score (nSPS) is 11.2. The van der Waals surface area contributed by atoms with Crippen LogP contribution in [0.15, 0.2) is 53.2 Å². The molecule has 2 heterocycles. The third-order valence-electron chi connectivity index (χ3n) is 4.77. The highest BCUT2D eigenvalue weighted by Gasteiger charge is 2.20. The number of amides is 1. The summed E-state index contributed by atoms with van der Waals surface area (Å²) in [5.74, 6) is 0.670. The topological polar surface area (TPSA) is 59.2 Å². The van der Waals surface area contributed by atoms with E-state index in [0.717, 1.165) is 38.7 Å². The van der Waals surface area contributed by atoms with Crippen molar-refractivity contribution in [3.8, 4) is 0 Å². The Labute approximate surface area is 151 Å². The molecule has 4 rings (SSSR count). The first-order chi connectivity index (χ1) is 12.6. The van der Waals surface area contributed by atoms with Crippen molar-refractivity contribution < 1.29 is 9.32 Å². The molecule has 0 saturated heterocycles. The van der Waals surface area contributed by atoms with Gasteiger partial charge >= 0.3 is 0 Å². The maximum absolute atomic E-state index is 13.2. The second kappa shape index (κ2) is 6.26. The van der Waals surface area contributed by atoms with Gasteiger partial charge in [0.15, 0.2) is 0 Å². The van der Waals surface area contributed by atoms with E-state index in [0.29, 0.717) is 12.1 Å². The van der Waals surface area contributed by atoms with Crippen LogP contribution in [0.5, 0.6) is 0 Å². The first-order valence-electron chi connectivity index (χ1n) is 8.50. The Hall–Kier alpha value is -3.21. The van der Waals surface area contributed by atoms with E-state index in [1.807, 2.05) is 50.2 Å². The molecule has 2 aromatic heterocycles. The van der Waals surface area contributed by atoms with Crippen molar-refractivity contribution in [2.45, 2.75) is 20.4 Å². The Balaban J connectivity index is 1.81. The minimum Gasteiger partial charge on any atom is -0.361 e. The molecule has 130 valence electrons. The molecule has 0 aliphatic rings. The Bertz CT molecular complexity index is 1110. The number of aryl methyl sites for hydroxylation is 2. The lowest BCUT2D eigenvalue weighted by Crippen LogP contribution is -2.27. The standard InChI is InChI=1S/C21H19N3O2/c1-13-19(14(2)26-23-13)12-24(3)21(25)18-11-15-7-4-5-8-16(15)17-9-6-10-22-20(17)18/h4-11H,12H2,1-3H3. The molecule has 0 saturated carbocycles. The largest absolute Gasteiger partial charge is 0.361 e. The number of hydrogen-bond donors (Lipinski definition) is 0. The van der Waals surface area contributed by atoms with E-state index in [4.69, 9.17) is 4.52 Å². The van der Waals surface area contributed by atoms with Crippen LogP contribution in [0.3, 0.4) is 0 Å². The predicted molar refractivity (Wildman–Crippen MR) is 101 cm³/mol. The molecule has 26 heavy (non-hydrogen) atoms. The predicted octanol–water partition coefficient (Wildman–Crippen LogP) is 4.27. The van der Waals surface area contributed by atoms with Crippen LogP contribution in [0.1, 0.15) is 27.4 Å². The molecule has 0 fully saturated rings. The highest BCUT2D eigenvalue weighted by Crippen LogP contribution is 2.28. The maximum atomic E-state index is 13.2. The van der Waals surface area contributed by atoms with Gasteiger partial charge in [0.05, 0.1) is 23.3 Å². The second-order valence-corrected chi connectivity index (χ2v) is 6.51. The minimum atomic E-state index is -0.0700. The highest BCUT2D eigenvalue weighted by molar-refractivity contribution is 6.15. The number of benzene rings is 2. The third kappa shape index (κ3) is 2.62. The average molecular weight is 345 g/mol. The van der Waals surface area contributed by atoms with Gasteiger partial charge in [-0.1, -0.05) is 35.5 Å². The van der Waals surface area contributed by atoms with E-state index < -0.39 is 0 Å². The smallest absolute Gasteiger partial charge is 0.256 e. The molecule has 2 aromatic carbocycles. The lowest BCUT2D eigenvalue weighted by Gasteiger charge is -2.18. The van der Waals surface area contributed by atoms with Gasteiger partial charge in [-0.2, -0.15) is 0 Å². The summed E-state index contributed by atoms with van der Waals surface area (Å²) >= 11 is 0. The summed E-state index contributed by atoms with van der Waals surface area (Å²) in [5.41, 5.74) is 3.08. The molecule has 1 amide bonds. The maximum Gasteiger partial charge on any atom is 0.256 e. The van der Waals surface area contributed by atoms with Crippen LogP contribution in [0.2, 0.25) is 0 Å². The van der Waals surface area contributed by atoms with Gasteiger partial charge in [0.2, 0.25) is 0 Å². The molecule has 0 N–H and O–H groups in total. The van der Waals surface area contributed by atoms with E-state index in [2.05, 4.69) is 16.2 Å². The SMILES string of the molecule is Cc1noc(C)c1CN(C)C(=O)c1cc2ccccc2c2cccnc12. The van der Waals surface area contributed by atoms with Crippen LogP contribution in [0, 0.1) is 13.8 Å². The quantitative estimate of drug-likeness (QED) is 0.520. The molecule has 0 bridgehead atoms. The van der Waals surface area contributed by atoms with Crippen molar-refractivity contribution in [3.05, 3.63) is 71.2 Å². The van der Waals surface area contributed by atoms with E-state index in [9.17, 15) is 4.79 Å².